The fraction of sp³-hybridized carbons (Fsp3) is 0. The second kappa shape index (κ2) is 5.62. The Kier molecular flexibility index (Phi) is 3.31. The monoisotopic (exact) mass is 313 g/mol. The number of aromatic nitrogens is 3. The average molecular weight is 313 g/mol. The average Bonchev–Trinajstić information content (AvgIpc) is 3.06. The Hall–Kier alpha value is -3.47. The lowest BCUT2D eigenvalue weighted by Crippen LogP contribution is -2.11. The van der Waals surface area contributed by atoms with E-state index >= 15 is 0 Å². The highest BCUT2D eigenvalue weighted by molar-refractivity contribution is 5.94. The number of nitrogens with two attached hydrogens (primary N) is 1. The smallest absolute Gasteiger partial charge is 0.138 e. The van der Waals surface area contributed by atoms with Crippen molar-refractivity contribution in [2.75, 3.05) is 0 Å². The zero-order valence-electron chi connectivity index (χ0n) is 12.8. The predicted octanol–water partition coefficient (Wildman–Crippen LogP) is 3.58. The van der Waals surface area contributed by atoms with Crippen LogP contribution in [0.15, 0.2) is 66.9 Å². The molecule has 5 nitrogen and oxygen atoms in total. The summed E-state index contributed by atoms with van der Waals surface area (Å²) in [4.78, 5) is 12.4. The molecule has 0 spiro atoms. The van der Waals surface area contributed by atoms with Gasteiger partial charge in [0.05, 0.1) is 16.7 Å². The van der Waals surface area contributed by atoms with Gasteiger partial charge in [-0.3, -0.25) is 10.4 Å². The van der Waals surface area contributed by atoms with E-state index < -0.39 is 0 Å². The lowest BCUT2D eigenvalue weighted by Gasteiger charge is -2.04. The summed E-state index contributed by atoms with van der Waals surface area (Å²) in [5.74, 6) is 0.850. The van der Waals surface area contributed by atoms with Crippen LogP contribution in [0.3, 0.4) is 0 Å². The van der Waals surface area contributed by atoms with E-state index in [1.807, 2.05) is 54.6 Å². The summed E-state index contributed by atoms with van der Waals surface area (Å²) in [6.07, 6.45) is 1.62. The number of nitrogens with zero attached hydrogens (tertiary/aromatic N) is 2. The van der Waals surface area contributed by atoms with Crippen molar-refractivity contribution in [3.8, 4) is 22.6 Å². The molecule has 2 aromatic heterocycles. The largest absolute Gasteiger partial charge is 0.384 e. The van der Waals surface area contributed by atoms with Crippen LogP contribution in [0.25, 0.3) is 33.7 Å². The number of H-pyrrole nitrogens is 1. The van der Waals surface area contributed by atoms with E-state index in [1.165, 1.54) is 0 Å². The molecule has 0 atom stereocenters. The summed E-state index contributed by atoms with van der Waals surface area (Å²) in [6.45, 7) is 0. The SMILES string of the molecule is N=C(N)c1ccc(-c2cccc(-c3nc4ccccc4[nH]3)c2)nc1. The zero-order chi connectivity index (χ0) is 16.5. The number of nitrogen functional groups attached to an aromatic ring is 1. The molecule has 5 heteroatoms. The fourth-order valence-corrected chi connectivity index (χ4v) is 2.64. The molecule has 24 heavy (non-hydrogen) atoms. The Morgan fingerprint density at radius 3 is 2.54 bits per heavy atom. The first-order valence-electron chi connectivity index (χ1n) is 7.57. The van der Waals surface area contributed by atoms with Crippen molar-refractivity contribution in [3.63, 3.8) is 0 Å². The fourth-order valence-electron chi connectivity index (χ4n) is 2.64. The number of hydrogen-bond donors (Lipinski definition) is 3. The first kappa shape index (κ1) is 14.1. The molecule has 0 bridgehead atoms. The van der Waals surface area contributed by atoms with Crippen molar-refractivity contribution >= 4 is 16.9 Å². The minimum absolute atomic E-state index is 0.0186. The molecular weight excluding hydrogens is 298 g/mol. The third-order valence-electron chi connectivity index (χ3n) is 3.90. The Balaban J connectivity index is 1.74. The number of amidine groups is 1. The topological polar surface area (TPSA) is 91.4 Å². The highest BCUT2D eigenvalue weighted by atomic mass is 14.9. The van der Waals surface area contributed by atoms with Gasteiger partial charge in [0.1, 0.15) is 11.7 Å². The standard InChI is InChI=1S/C19H15N5/c20-18(21)14-8-9-15(22-11-14)12-4-3-5-13(10-12)19-23-16-6-1-2-7-17(16)24-19/h1-11H,(H3,20,21)(H,23,24). The summed E-state index contributed by atoms with van der Waals surface area (Å²) in [5.41, 5.74) is 10.9. The van der Waals surface area contributed by atoms with Crippen molar-refractivity contribution in [2.24, 2.45) is 5.73 Å². The van der Waals surface area contributed by atoms with Crippen LogP contribution >= 0.6 is 0 Å². The molecule has 0 unspecified atom stereocenters. The number of nitrogens with one attached hydrogen (secondary N) is 2. The summed E-state index contributed by atoms with van der Waals surface area (Å²) in [5, 5.41) is 7.44. The second-order valence-electron chi connectivity index (χ2n) is 5.53. The number of pyridine rings is 1. The highest BCUT2D eigenvalue weighted by Gasteiger charge is 2.07. The van der Waals surface area contributed by atoms with Gasteiger partial charge in [0.25, 0.3) is 0 Å². The quantitative estimate of drug-likeness (QED) is 0.399. The second-order valence-corrected chi connectivity index (χ2v) is 5.53. The zero-order valence-corrected chi connectivity index (χ0v) is 12.8. The molecule has 0 fully saturated rings. The van der Waals surface area contributed by atoms with Crippen LogP contribution in [-0.2, 0) is 0 Å². The number of fused-ring (bicyclic) bond motifs is 1. The molecule has 4 rings (SSSR count). The van der Waals surface area contributed by atoms with Gasteiger partial charge in [-0.05, 0) is 30.3 Å². The number of hydrogen-bond acceptors (Lipinski definition) is 3. The van der Waals surface area contributed by atoms with Gasteiger partial charge in [0.2, 0.25) is 0 Å². The molecule has 4 N–H and O–H groups in total. The minimum Gasteiger partial charge on any atom is -0.384 e. The van der Waals surface area contributed by atoms with Crippen molar-refractivity contribution in [2.45, 2.75) is 0 Å². The molecule has 0 aliphatic rings. The van der Waals surface area contributed by atoms with Crippen LogP contribution in [0.5, 0.6) is 0 Å². The molecule has 2 heterocycles. The first-order valence-corrected chi connectivity index (χ1v) is 7.57. The number of para-hydroxylation sites is 2. The molecule has 116 valence electrons. The Bertz CT molecular complexity index is 998. The van der Waals surface area contributed by atoms with Crippen molar-refractivity contribution in [1.82, 2.24) is 15.0 Å². The van der Waals surface area contributed by atoms with E-state index in [4.69, 9.17) is 11.1 Å². The van der Waals surface area contributed by atoms with Gasteiger partial charge in [0.15, 0.2) is 0 Å². The van der Waals surface area contributed by atoms with Crippen molar-refractivity contribution < 1.29 is 0 Å². The van der Waals surface area contributed by atoms with Gasteiger partial charge in [0, 0.05) is 22.9 Å². The number of aromatic amines is 1. The maximum Gasteiger partial charge on any atom is 0.138 e. The van der Waals surface area contributed by atoms with Gasteiger partial charge in [-0.1, -0.05) is 30.3 Å². The van der Waals surface area contributed by atoms with Gasteiger partial charge < -0.3 is 10.7 Å². The highest BCUT2D eigenvalue weighted by Crippen LogP contribution is 2.25. The molecule has 0 aliphatic heterocycles. The van der Waals surface area contributed by atoms with Gasteiger partial charge in [-0.25, -0.2) is 4.98 Å². The number of rotatable bonds is 3. The van der Waals surface area contributed by atoms with Crippen LogP contribution < -0.4 is 5.73 Å². The third kappa shape index (κ3) is 2.52. The predicted molar refractivity (Wildman–Crippen MR) is 95.8 cm³/mol. The molecule has 0 saturated carbocycles. The van der Waals surface area contributed by atoms with Crippen LogP contribution in [0, 0.1) is 5.41 Å². The minimum atomic E-state index is 0.0186. The number of benzene rings is 2. The summed E-state index contributed by atoms with van der Waals surface area (Å²) in [6, 6.07) is 19.7. The van der Waals surface area contributed by atoms with Gasteiger partial charge in [-0.15, -0.1) is 0 Å². The molecule has 0 radical (unpaired) electrons. The van der Waals surface area contributed by atoms with E-state index in [2.05, 4.69) is 15.0 Å². The molecule has 0 amide bonds. The number of imidazole rings is 1. The van der Waals surface area contributed by atoms with E-state index in [0.717, 1.165) is 33.7 Å². The Morgan fingerprint density at radius 2 is 1.79 bits per heavy atom. The Morgan fingerprint density at radius 1 is 0.958 bits per heavy atom. The molecule has 4 aromatic rings. The van der Waals surface area contributed by atoms with Crippen LogP contribution in [0.1, 0.15) is 5.56 Å². The van der Waals surface area contributed by atoms with Crippen LogP contribution in [0.2, 0.25) is 0 Å². The van der Waals surface area contributed by atoms with Crippen LogP contribution in [-0.4, -0.2) is 20.8 Å². The summed E-state index contributed by atoms with van der Waals surface area (Å²) < 4.78 is 0. The maximum atomic E-state index is 7.44. The van der Waals surface area contributed by atoms with Gasteiger partial charge >= 0.3 is 0 Å². The Labute approximate surface area is 138 Å². The van der Waals surface area contributed by atoms with Crippen molar-refractivity contribution in [1.29, 1.82) is 5.41 Å². The maximum absolute atomic E-state index is 7.44. The van der Waals surface area contributed by atoms with Crippen LogP contribution in [0.4, 0.5) is 0 Å². The third-order valence-corrected chi connectivity index (χ3v) is 3.90. The van der Waals surface area contributed by atoms with E-state index in [1.54, 1.807) is 12.3 Å². The normalized spacial score (nSPS) is 10.8. The molecule has 0 aliphatic carbocycles. The van der Waals surface area contributed by atoms with E-state index in [0.29, 0.717) is 5.56 Å². The van der Waals surface area contributed by atoms with E-state index in [-0.39, 0.29) is 5.84 Å². The lowest BCUT2D eigenvalue weighted by atomic mass is 10.1. The molecule has 0 saturated heterocycles. The first-order chi connectivity index (χ1) is 11.7. The van der Waals surface area contributed by atoms with Crippen molar-refractivity contribution in [3.05, 3.63) is 72.4 Å². The molecule has 2 aromatic carbocycles. The van der Waals surface area contributed by atoms with Gasteiger partial charge in [-0.2, -0.15) is 0 Å². The lowest BCUT2D eigenvalue weighted by molar-refractivity contribution is 1.29. The summed E-state index contributed by atoms with van der Waals surface area (Å²) >= 11 is 0. The van der Waals surface area contributed by atoms with E-state index in [9.17, 15) is 0 Å². The summed E-state index contributed by atoms with van der Waals surface area (Å²) in [7, 11) is 0. The molecular formula is C19H15N5.